The number of carbonyl (C=O) groups is 1. The van der Waals surface area contributed by atoms with Gasteiger partial charge in [-0.15, -0.1) is 0 Å². The van der Waals surface area contributed by atoms with Crippen molar-refractivity contribution in [2.24, 2.45) is 0 Å². The number of nitrogens with zero attached hydrogens (tertiary/aromatic N) is 1. The molecule has 5 heteroatoms. The average molecular weight is 274 g/mol. The molecule has 2 aliphatic rings. The molecule has 2 fully saturated rings. The van der Waals surface area contributed by atoms with Crippen molar-refractivity contribution < 1.29 is 9.53 Å². The van der Waals surface area contributed by atoms with Crippen molar-refractivity contribution in [1.82, 2.24) is 10.2 Å². The molecule has 98 valence electrons. The van der Waals surface area contributed by atoms with Crippen LogP contribution in [0.2, 0.25) is 0 Å². The van der Waals surface area contributed by atoms with Gasteiger partial charge >= 0.3 is 0 Å². The fourth-order valence-corrected chi connectivity index (χ4v) is 2.42. The van der Waals surface area contributed by atoms with Gasteiger partial charge in [0.05, 0.1) is 7.11 Å². The highest BCUT2D eigenvalue weighted by Crippen LogP contribution is 2.30. The van der Waals surface area contributed by atoms with Crippen LogP contribution < -0.4 is 10.1 Å². The topological polar surface area (TPSA) is 41.6 Å². The van der Waals surface area contributed by atoms with Gasteiger partial charge in [0.25, 0.3) is 5.91 Å². The highest BCUT2D eigenvalue weighted by atomic mass is 32.1. The fourth-order valence-electron chi connectivity index (χ4n) is 2.08. The van der Waals surface area contributed by atoms with Crippen LogP contribution in [0.3, 0.4) is 0 Å². The lowest BCUT2D eigenvalue weighted by Crippen LogP contribution is -2.32. The molecule has 1 aliphatic carbocycles. The van der Waals surface area contributed by atoms with Crippen molar-refractivity contribution >= 4 is 29.3 Å². The summed E-state index contributed by atoms with van der Waals surface area (Å²) in [4.78, 5) is 13.9. The second kappa shape index (κ2) is 4.66. The summed E-state index contributed by atoms with van der Waals surface area (Å²) >= 11 is 5.20. The number of hydrogen-bond donors (Lipinski definition) is 1. The van der Waals surface area contributed by atoms with Crippen LogP contribution >= 0.6 is 12.2 Å². The maximum Gasteiger partial charge on any atom is 0.276 e. The SMILES string of the molecule is COc1ccc(C=C2NC(=S)N(C3CC3)C2=O)cc1. The zero-order valence-corrected chi connectivity index (χ0v) is 11.4. The number of methoxy groups -OCH3 is 1. The second-order valence-electron chi connectivity index (χ2n) is 4.67. The number of nitrogens with one attached hydrogen (secondary N) is 1. The van der Waals surface area contributed by atoms with Gasteiger partial charge in [-0.25, -0.2) is 0 Å². The first kappa shape index (κ1) is 12.2. The minimum Gasteiger partial charge on any atom is -0.497 e. The maximum atomic E-state index is 12.2. The molecule has 19 heavy (non-hydrogen) atoms. The van der Waals surface area contributed by atoms with Gasteiger partial charge in [-0.2, -0.15) is 0 Å². The molecular weight excluding hydrogens is 260 g/mol. The number of ether oxygens (including phenoxy) is 1. The van der Waals surface area contributed by atoms with Crippen molar-refractivity contribution in [2.75, 3.05) is 7.11 Å². The lowest BCUT2D eigenvalue weighted by molar-refractivity contribution is -0.122. The van der Waals surface area contributed by atoms with Gasteiger partial charge in [-0.1, -0.05) is 12.1 Å². The Morgan fingerprint density at radius 2 is 2.05 bits per heavy atom. The van der Waals surface area contributed by atoms with Crippen LogP contribution in [-0.4, -0.2) is 29.1 Å². The van der Waals surface area contributed by atoms with E-state index in [2.05, 4.69) is 5.32 Å². The van der Waals surface area contributed by atoms with Gasteiger partial charge in [-0.05, 0) is 48.8 Å². The number of carbonyl (C=O) groups excluding carboxylic acids is 1. The standard InChI is InChI=1S/C14H14N2O2S/c1-18-11-6-2-9(3-7-11)8-12-13(17)16(10-4-5-10)14(19)15-12/h2-3,6-8,10H,4-5H2,1H3,(H,15,19). The highest BCUT2D eigenvalue weighted by Gasteiger charge is 2.41. The fraction of sp³-hybridized carbons (Fsp3) is 0.286. The number of thiocarbonyl (C=S) groups is 1. The summed E-state index contributed by atoms with van der Waals surface area (Å²) < 4.78 is 5.10. The van der Waals surface area contributed by atoms with E-state index in [-0.39, 0.29) is 5.91 Å². The molecule has 1 saturated heterocycles. The van der Waals surface area contributed by atoms with Crippen molar-refractivity contribution in [3.63, 3.8) is 0 Å². The number of benzene rings is 1. The summed E-state index contributed by atoms with van der Waals surface area (Å²) in [7, 11) is 1.63. The first-order chi connectivity index (χ1) is 9.19. The predicted molar refractivity (Wildman–Crippen MR) is 76.6 cm³/mol. The van der Waals surface area contributed by atoms with Gasteiger partial charge < -0.3 is 10.1 Å². The van der Waals surface area contributed by atoms with Crippen molar-refractivity contribution in [3.8, 4) is 5.75 Å². The summed E-state index contributed by atoms with van der Waals surface area (Å²) in [5.74, 6) is 0.770. The van der Waals surface area contributed by atoms with Crippen LogP contribution in [0.15, 0.2) is 30.0 Å². The lowest BCUT2D eigenvalue weighted by atomic mass is 10.2. The molecule has 1 aromatic rings. The predicted octanol–water partition coefficient (Wildman–Crippen LogP) is 1.92. The van der Waals surface area contributed by atoms with E-state index in [4.69, 9.17) is 17.0 Å². The van der Waals surface area contributed by atoms with E-state index in [1.54, 1.807) is 12.0 Å². The molecule has 1 saturated carbocycles. The monoisotopic (exact) mass is 274 g/mol. The molecule has 1 N–H and O–H groups in total. The molecule has 1 aliphatic heterocycles. The number of rotatable bonds is 3. The first-order valence-electron chi connectivity index (χ1n) is 6.19. The smallest absolute Gasteiger partial charge is 0.276 e. The van der Waals surface area contributed by atoms with Crippen LogP contribution in [0.25, 0.3) is 6.08 Å². The van der Waals surface area contributed by atoms with Crippen LogP contribution in [0, 0.1) is 0 Å². The van der Waals surface area contributed by atoms with Crippen LogP contribution in [-0.2, 0) is 4.79 Å². The first-order valence-corrected chi connectivity index (χ1v) is 6.60. The van der Waals surface area contributed by atoms with E-state index in [9.17, 15) is 4.79 Å². The van der Waals surface area contributed by atoms with Gasteiger partial charge in [-0.3, -0.25) is 9.69 Å². The van der Waals surface area contributed by atoms with E-state index in [0.717, 1.165) is 24.2 Å². The molecule has 0 bridgehead atoms. The molecule has 0 spiro atoms. The van der Waals surface area contributed by atoms with Crippen LogP contribution in [0.4, 0.5) is 0 Å². The molecule has 0 radical (unpaired) electrons. The number of amides is 1. The van der Waals surface area contributed by atoms with Crippen molar-refractivity contribution in [3.05, 3.63) is 35.5 Å². The Bertz CT molecular complexity index is 561. The summed E-state index contributed by atoms with van der Waals surface area (Å²) in [6, 6.07) is 7.84. The lowest BCUT2D eigenvalue weighted by Gasteiger charge is -2.11. The third-order valence-corrected chi connectivity index (χ3v) is 3.55. The van der Waals surface area contributed by atoms with Gasteiger partial charge in [0.1, 0.15) is 11.4 Å². The van der Waals surface area contributed by atoms with E-state index >= 15 is 0 Å². The minimum atomic E-state index is -0.0247. The average Bonchev–Trinajstić information content (AvgIpc) is 3.19. The summed E-state index contributed by atoms with van der Waals surface area (Å²) in [6.07, 6.45) is 3.91. The Morgan fingerprint density at radius 1 is 1.37 bits per heavy atom. The Morgan fingerprint density at radius 3 is 2.63 bits per heavy atom. The Kier molecular flexibility index (Phi) is 2.98. The molecule has 4 nitrogen and oxygen atoms in total. The second-order valence-corrected chi connectivity index (χ2v) is 5.05. The third kappa shape index (κ3) is 2.33. The zero-order chi connectivity index (χ0) is 13.4. The molecule has 0 aromatic heterocycles. The molecular formula is C14H14N2O2S. The maximum absolute atomic E-state index is 12.2. The van der Waals surface area contributed by atoms with Crippen LogP contribution in [0.1, 0.15) is 18.4 Å². The summed E-state index contributed by atoms with van der Waals surface area (Å²) in [5, 5.41) is 3.51. The Labute approximate surface area is 117 Å². The molecule has 1 amide bonds. The van der Waals surface area contributed by atoms with E-state index < -0.39 is 0 Å². The van der Waals surface area contributed by atoms with Crippen molar-refractivity contribution in [1.29, 1.82) is 0 Å². The van der Waals surface area contributed by atoms with Crippen molar-refractivity contribution in [2.45, 2.75) is 18.9 Å². The third-order valence-electron chi connectivity index (χ3n) is 3.25. The quantitative estimate of drug-likeness (QED) is 0.675. The van der Waals surface area contributed by atoms with E-state index in [1.165, 1.54) is 0 Å². The summed E-state index contributed by atoms with van der Waals surface area (Å²) in [5.41, 5.74) is 1.49. The molecule has 3 rings (SSSR count). The minimum absolute atomic E-state index is 0.0247. The molecule has 0 atom stereocenters. The van der Waals surface area contributed by atoms with Gasteiger partial charge in [0, 0.05) is 6.04 Å². The number of hydrogen-bond acceptors (Lipinski definition) is 3. The Hall–Kier alpha value is -1.88. The van der Waals surface area contributed by atoms with E-state index in [0.29, 0.717) is 16.9 Å². The molecule has 1 aromatic carbocycles. The summed E-state index contributed by atoms with van der Waals surface area (Å²) in [6.45, 7) is 0. The normalized spacial score (nSPS) is 20.9. The van der Waals surface area contributed by atoms with Gasteiger partial charge in [0.2, 0.25) is 0 Å². The Balaban J connectivity index is 1.83. The zero-order valence-electron chi connectivity index (χ0n) is 10.6. The van der Waals surface area contributed by atoms with Gasteiger partial charge in [0.15, 0.2) is 5.11 Å². The van der Waals surface area contributed by atoms with Crippen LogP contribution in [0.5, 0.6) is 5.75 Å². The molecule has 0 unspecified atom stereocenters. The molecule has 1 heterocycles. The highest BCUT2D eigenvalue weighted by molar-refractivity contribution is 7.80. The van der Waals surface area contributed by atoms with E-state index in [1.807, 2.05) is 30.3 Å². The largest absolute Gasteiger partial charge is 0.497 e.